The third-order valence-corrected chi connectivity index (χ3v) is 5.53. The highest BCUT2D eigenvalue weighted by Gasteiger charge is 2.37. The van der Waals surface area contributed by atoms with Crippen LogP contribution >= 0.6 is 23.2 Å². The zero-order valence-corrected chi connectivity index (χ0v) is 16.6. The molecule has 1 aliphatic rings. The molecule has 0 unspecified atom stereocenters. The van der Waals surface area contributed by atoms with E-state index in [-0.39, 0.29) is 21.2 Å². The van der Waals surface area contributed by atoms with Gasteiger partial charge in [-0.05, 0) is 67.4 Å². The number of fused-ring (bicyclic) bond motifs is 1. The lowest BCUT2D eigenvalue weighted by atomic mass is 10.1. The van der Waals surface area contributed by atoms with Crippen molar-refractivity contribution >= 4 is 40.7 Å². The number of hydrogen-bond acceptors (Lipinski definition) is 3. The number of benzene rings is 3. The second kappa shape index (κ2) is 6.97. The van der Waals surface area contributed by atoms with Gasteiger partial charge in [-0.15, -0.1) is 0 Å². The highest BCUT2D eigenvalue weighted by atomic mass is 35.5. The van der Waals surface area contributed by atoms with Crippen molar-refractivity contribution in [2.45, 2.75) is 13.8 Å². The molecule has 4 nitrogen and oxygen atoms in total. The lowest BCUT2D eigenvalue weighted by Gasteiger charge is -2.15. The topological polar surface area (TPSA) is 46.6 Å². The molecule has 0 saturated carbocycles. The summed E-state index contributed by atoms with van der Waals surface area (Å²) >= 11 is 12.0. The van der Waals surface area contributed by atoms with Crippen LogP contribution < -0.4 is 9.64 Å². The van der Waals surface area contributed by atoms with Crippen LogP contribution in [0.5, 0.6) is 11.5 Å². The van der Waals surface area contributed by atoms with Gasteiger partial charge in [-0.1, -0.05) is 35.3 Å². The molecule has 6 heteroatoms. The Balaban J connectivity index is 1.62. The number of carbonyl (C=O) groups is 2. The number of hydrogen-bond donors (Lipinski definition) is 0. The maximum Gasteiger partial charge on any atom is 0.266 e. The van der Waals surface area contributed by atoms with Crippen molar-refractivity contribution in [2.75, 3.05) is 4.90 Å². The lowest BCUT2D eigenvalue weighted by Crippen LogP contribution is -2.29. The molecule has 3 aromatic carbocycles. The Morgan fingerprint density at radius 3 is 1.96 bits per heavy atom. The molecular weight excluding hydrogens is 397 g/mol. The minimum atomic E-state index is -0.429. The average molecular weight is 412 g/mol. The number of aryl methyl sites for hydroxylation is 1. The fraction of sp³-hybridized carbons (Fsp3) is 0.0909. The number of ether oxygens (including phenoxy) is 1. The first-order chi connectivity index (χ1) is 13.4. The summed E-state index contributed by atoms with van der Waals surface area (Å²) in [6.07, 6.45) is 0. The van der Waals surface area contributed by atoms with Gasteiger partial charge in [-0.2, -0.15) is 0 Å². The van der Waals surface area contributed by atoms with Gasteiger partial charge >= 0.3 is 0 Å². The highest BCUT2D eigenvalue weighted by molar-refractivity contribution is 6.44. The van der Waals surface area contributed by atoms with E-state index in [0.717, 1.165) is 21.8 Å². The molecule has 140 valence electrons. The normalized spacial score (nSPS) is 13.1. The fourth-order valence-electron chi connectivity index (χ4n) is 3.09. The van der Waals surface area contributed by atoms with E-state index in [2.05, 4.69) is 0 Å². The van der Waals surface area contributed by atoms with Crippen LogP contribution in [-0.4, -0.2) is 11.8 Å². The minimum absolute atomic E-state index is 0.237. The zero-order valence-electron chi connectivity index (χ0n) is 15.1. The number of imide groups is 1. The molecule has 0 aromatic heterocycles. The standard InChI is InChI=1S/C22H15Cl2NO3/c1-12-4-3-5-20(13(12)2)28-15-8-6-14(7-9-15)25-21(26)16-10-18(23)19(24)11-17(16)22(25)27/h3-11H,1-2H3. The van der Waals surface area contributed by atoms with Gasteiger partial charge in [0.25, 0.3) is 11.8 Å². The van der Waals surface area contributed by atoms with Crippen molar-refractivity contribution in [3.05, 3.63) is 86.9 Å². The van der Waals surface area contributed by atoms with E-state index in [1.54, 1.807) is 24.3 Å². The second-order valence-electron chi connectivity index (χ2n) is 6.55. The van der Waals surface area contributed by atoms with Gasteiger partial charge in [0, 0.05) is 0 Å². The van der Waals surface area contributed by atoms with Crippen LogP contribution in [0.25, 0.3) is 0 Å². The Labute approximate surface area is 172 Å². The molecule has 0 fully saturated rings. The molecule has 0 N–H and O–H groups in total. The van der Waals surface area contributed by atoms with Crippen molar-refractivity contribution < 1.29 is 14.3 Å². The first-order valence-corrected chi connectivity index (χ1v) is 9.34. The van der Waals surface area contributed by atoms with Gasteiger partial charge in [0.2, 0.25) is 0 Å². The molecule has 0 atom stereocenters. The zero-order chi connectivity index (χ0) is 20.0. The van der Waals surface area contributed by atoms with Crippen LogP contribution in [0.3, 0.4) is 0 Å². The summed E-state index contributed by atoms with van der Waals surface area (Å²) in [5, 5.41) is 0.473. The summed E-state index contributed by atoms with van der Waals surface area (Å²) in [5.74, 6) is 0.515. The molecule has 0 spiro atoms. The fourth-order valence-corrected chi connectivity index (χ4v) is 3.42. The lowest BCUT2D eigenvalue weighted by molar-refractivity contribution is 0.0926. The molecule has 2 amide bonds. The Kier molecular flexibility index (Phi) is 4.61. The van der Waals surface area contributed by atoms with Crippen molar-refractivity contribution in [3.63, 3.8) is 0 Å². The van der Waals surface area contributed by atoms with Gasteiger partial charge in [-0.25, -0.2) is 4.90 Å². The van der Waals surface area contributed by atoms with E-state index >= 15 is 0 Å². The van der Waals surface area contributed by atoms with Crippen LogP contribution in [0.2, 0.25) is 10.0 Å². The van der Waals surface area contributed by atoms with Crippen molar-refractivity contribution in [2.24, 2.45) is 0 Å². The van der Waals surface area contributed by atoms with Crippen LogP contribution in [-0.2, 0) is 0 Å². The highest BCUT2D eigenvalue weighted by Crippen LogP contribution is 2.35. The SMILES string of the molecule is Cc1cccc(Oc2ccc(N3C(=O)c4cc(Cl)c(Cl)cc4C3=O)cc2)c1C. The average Bonchev–Trinajstić information content (AvgIpc) is 2.90. The predicted octanol–water partition coefficient (Wildman–Crippen LogP) is 6.20. The number of carbonyl (C=O) groups excluding carboxylic acids is 2. The Morgan fingerprint density at radius 1 is 0.821 bits per heavy atom. The molecule has 4 rings (SSSR count). The van der Waals surface area contributed by atoms with Crippen LogP contribution in [0.15, 0.2) is 54.6 Å². The second-order valence-corrected chi connectivity index (χ2v) is 7.37. The molecule has 1 aliphatic heterocycles. The first-order valence-electron chi connectivity index (χ1n) is 8.59. The van der Waals surface area contributed by atoms with Crippen molar-refractivity contribution in [3.8, 4) is 11.5 Å². The number of nitrogens with zero attached hydrogens (tertiary/aromatic N) is 1. The number of rotatable bonds is 3. The maximum atomic E-state index is 12.7. The van der Waals surface area contributed by atoms with Gasteiger partial charge in [0.05, 0.1) is 26.9 Å². The Bertz CT molecular complexity index is 1080. The Morgan fingerprint density at radius 2 is 1.39 bits per heavy atom. The quantitative estimate of drug-likeness (QED) is 0.481. The monoisotopic (exact) mass is 411 g/mol. The molecule has 0 bridgehead atoms. The van der Waals surface area contributed by atoms with Gasteiger partial charge in [-0.3, -0.25) is 9.59 Å². The number of anilines is 1. The summed E-state index contributed by atoms with van der Waals surface area (Å²) in [4.78, 5) is 26.5. The van der Waals surface area contributed by atoms with Crippen molar-refractivity contribution in [1.82, 2.24) is 0 Å². The molecule has 0 aliphatic carbocycles. The third-order valence-electron chi connectivity index (χ3n) is 4.81. The summed E-state index contributed by atoms with van der Waals surface area (Å²) in [7, 11) is 0. The molecular formula is C22H15Cl2NO3. The van der Waals surface area contributed by atoms with Crippen LogP contribution in [0, 0.1) is 13.8 Å². The van der Waals surface area contributed by atoms with E-state index in [1.165, 1.54) is 12.1 Å². The summed E-state index contributed by atoms with van der Waals surface area (Å²) < 4.78 is 5.93. The number of halogens is 2. The molecule has 1 heterocycles. The molecule has 0 radical (unpaired) electrons. The molecule has 0 saturated heterocycles. The predicted molar refractivity (Wildman–Crippen MR) is 110 cm³/mol. The first kappa shape index (κ1) is 18.5. The smallest absolute Gasteiger partial charge is 0.266 e. The van der Waals surface area contributed by atoms with E-state index in [9.17, 15) is 9.59 Å². The number of amides is 2. The minimum Gasteiger partial charge on any atom is -0.457 e. The van der Waals surface area contributed by atoms with Gasteiger partial charge < -0.3 is 4.74 Å². The van der Waals surface area contributed by atoms with Gasteiger partial charge in [0.1, 0.15) is 11.5 Å². The van der Waals surface area contributed by atoms with E-state index in [1.807, 2.05) is 32.0 Å². The van der Waals surface area contributed by atoms with Crippen LogP contribution in [0.4, 0.5) is 5.69 Å². The third kappa shape index (κ3) is 3.05. The molecule has 28 heavy (non-hydrogen) atoms. The van der Waals surface area contributed by atoms with Crippen molar-refractivity contribution in [1.29, 1.82) is 0 Å². The largest absolute Gasteiger partial charge is 0.457 e. The molecule has 3 aromatic rings. The van der Waals surface area contributed by atoms with Gasteiger partial charge in [0.15, 0.2) is 0 Å². The Hall–Kier alpha value is -2.82. The maximum absolute atomic E-state index is 12.7. The van der Waals surface area contributed by atoms with E-state index < -0.39 is 11.8 Å². The van der Waals surface area contributed by atoms with E-state index in [0.29, 0.717) is 11.4 Å². The summed E-state index contributed by atoms with van der Waals surface area (Å²) in [5.41, 5.74) is 3.13. The van der Waals surface area contributed by atoms with E-state index in [4.69, 9.17) is 27.9 Å². The summed E-state index contributed by atoms with van der Waals surface area (Å²) in [6, 6.07) is 15.5. The summed E-state index contributed by atoms with van der Waals surface area (Å²) in [6.45, 7) is 4.01. The van der Waals surface area contributed by atoms with Crippen LogP contribution in [0.1, 0.15) is 31.8 Å².